The molecule has 0 amide bonds. The van der Waals surface area contributed by atoms with Crippen LogP contribution in [0.1, 0.15) is 131 Å². The molecule has 0 aromatic carbocycles. The van der Waals surface area contributed by atoms with Gasteiger partial charge >= 0.3 is 5.97 Å². The first-order valence-corrected chi connectivity index (χ1v) is 18.0. The van der Waals surface area contributed by atoms with Gasteiger partial charge in [-0.3, -0.25) is 4.79 Å². The summed E-state index contributed by atoms with van der Waals surface area (Å²) in [6.07, 6.45) is 15.9. The molecule has 4 rings (SSSR count). The molecule has 244 valence electrons. The Kier molecular flexibility index (Phi) is 11.9. The Bertz CT molecular complexity index is 868. The molecule has 4 aliphatic carbocycles. The zero-order valence-corrected chi connectivity index (χ0v) is 28.2. The van der Waals surface area contributed by atoms with E-state index in [-0.39, 0.29) is 23.5 Å². The molecular formula is C36H67N3O3. The van der Waals surface area contributed by atoms with Crippen molar-refractivity contribution in [3.05, 3.63) is 0 Å². The summed E-state index contributed by atoms with van der Waals surface area (Å²) in [5.74, 6) is 4.20. The largest absolute Gasteiger partial charge is 0.462 e. The van der Waals surface area contributed by atoms with E-state index in [1.54, 1.807) is 0 Å². The summed E-state index contributed by atoms with van der Waals surface area (Å²) in [4.78, 5) is 11.9. The van der Waals surface area contributed by atoms with Gasteiger partial charge in [0.25, 0.3) is 0 Å². The van der Waals surface area contributed by atoms with E-state index < -0.39 is 5.60 Å². The van der Waals surface area contributed by atoms with Crippen LogP contribution in [0.25, 0.3) is 0 Å². The van der Waals surface area contributed by atoms with Crippen molar-refractivity contribution >= 4 is 5.97 Å². The summed E-state index contributed by atoms with van der Waals surface area (Å²) < 4.78 is 5.75. The summed E-state index contributed by atoms with van der Waals surface area (Å²) in [5.41, 5.74) is 5.06. The highest BCUT2D eigenvalue weighted by Gasteiger charge is 2.67. The summed E-state index contributed by atoms with van der Waals surface area (Å²) in [7, 11) is 0. The van der Waals surface area contributed by atoms with Crippen LogP contribution in [-0.4, -0.2) is 55.0 Å². The van der Waals surface area contributed by atoms with Crippen LogP contribution in [0.4, 0.5) is 0 Å². The number of hydrogen-bond donors (Lipinski definition) is 4. The maximum absolute atomic E-state index is 12.7. The Balaban J connectivity index is 1.49. The number of hydrogen-bond acceptors (Lipinski definition) is 6. The van der Waals surface area contributed by atoms with Crippen molar-refractivity contribution in [1.29, 1.82) is 0 Å². The van der Waals surface area contributed by atoms with E-state index in [4.69, 9.17) is 10.5 Å². The first kappa shape index (κ1) is 34.2. The maximum Gasteiger partial charge on any atom is 0.302 e. The molecule has 4 fully saturated rings. The van der Waals surface area contributed by atoms with E-state index in [0.29, 0.717) is 23.7 Å². The van der Waals surface area contributed by atoms with Crippen molar-refractivity contribution in [2.75, 3.05) is 26.2 Å². The second-order valence-corrected chi connectivity index (χ2v) is 16.1. The molecule has 6 nitrogen and oxygen atoms in total. The molecule has 0 radical (unpaired) electrons. The number of nitrogens with two attached hydrogens (primary N) is 1. The minimum Gasteiger partial charge on any atom is -0.462 e. The Hall–Kier alpha value is -0.690. The molecule has 0 heterocycles. The second kappa shape index (κ2) is 14.6. The SMILES string of the molecule is CC(=O)O[C@H]1CC[C@]2(C)[C@H]3CC[C@]4(C)[C@@H]([C@H](C)CCCC(C)C)CC[C@H]4C3C[C@@H](NCCCCNCCCN)[C@@]2(O)C1. The van der Waals surface area contributed by atoms with Gasteiger partial charge in [-0.25, -0.2) is 0 Å². The van der Waals surface area contributed by atoms with Gasteiger partial charge in [0, 0.05) is 24.8 Å². The van der Waals surface area contributed by atoms with Gasteiger partial charge in [-0.2, -0.15) is 0 Å². The Labute approximate surface area is 258 Å². The Morgan fingerprint density at radius 1 is 0.952 bits per heavy atom. The van der Waals surface area contributed by atoms with Crippen molar-refractivity contribution in [3.8, 4) is 0 Å². The van der Waals surface area contributed by atoms with Crippen molar-refractivity contribution in [2.24, 2.45) is 52.1 Å². The van der Waals surface area contributed by atoms with Gasteiger partial charge in [0.2, 0.25) is 0 Å². The fraction of sp³-hybridized carbons (Fsp3) is 0.972. The molecule has 0 aromatic heterocycles. The molecule has 42 heavy (non-hydrogen) atoms. The molecule has 0 spiro atoms. The smallest absolute Gasteiger partial charge is 0.302 e. The third-order valence-electron chi connectivity index (χ3n) is 13.1. The van der Waals surface area contributed by atoms with Gasteiger partial charge < -0.3 is 26.2 Å². The first-order valence-electron chi connectivity index (χ1n) is 18.0. The number of nitrogens with one attached hydrogen (secondary N) is 2. The highest BCUT2D eigenvalue weighted by Crippen LogP contribution is 2.69. The third-order valence-corrected chi connectivity index (χ3v) is 13.1. The van der Waals surface area contributed by atoms with Crippen LogP contribution in [0.3, 0.4) is 0 Å². The molecule has 0 bridgehead atoms. The first-order chi connectivity index (χ1) is 20.0. The van der Waals surface area contributed by atoms with Crippen LogP contribution in [0.5, 0.6) is 0 Å². The predicted molar refractivity (Wildman–Crippen MR) is 173 cm³/mol. The van der Waals surface area contributed by atoms with Crippen molar-refractivity contribution < 1.29 is 14.6 Å². The summed E-state index contributed by atoms with van der Waals surface area (Å²) >= 11 is 0. The molecule has 0 aliphatic heterocycles. The highest BCUT2D eigenvalue weighted by molar-refractivity contribution is 5.66. The summed E-state index contributed by atoms with van der Waals surface area (Å²) in [5, 5.41) is 20.2. The lowest BCUT2D eigenvalue weighted by Crippen LogP contribution is -2.71. The normalized spacial score (nSPS) is 40.3. The lowest BCUT2D eigenvalue weighted by atomic mass is 9.42. The van der Waals surface area contributed by atoms with E-state index in [1.165, 1.54) is 51.9 Å². The van der Waals surface area contributed by atoms with E-state index in [0.717, 1.165) is 88.4 Å². The number of unbranched alkanes of at least 4 members (excludes halogenated alkanes) is 1. The van der Waals surface area contributed by atoms with Gasteiger partial charge in [-0.05, 0) is 131 Å². The van der Waals surface area contributed by atoms with Crippen molar-refractivity contribution in [3.63, 3.8) is 0 Å². The number of esters is 1. The molecule has 6 heteroatoms. The topological polar surface area (TPSA) is 96.6 Å². The van der Waals surface area contributed by atoms with Crippen molar-refractivity contribution in [1.82, 2.24) is 10.6 Å². The predicted octanol–water partition coefficient (Wildman–Crippen LogP) is 6.44. The monoisotopic (exact) mass is 590 g/mol. The highest BCUT2D eigenvalue weighted by atomic mass is 16.5. The number of fused-ring (bicyclic) bond motifs is 5. The molecular weight excluding hydrogens is 522 g/mol. The fourth-order valence-corrected chi connectivity index (χ4v) is 10.9. The van der Waals surface area contributed by atoms with E-state index in [1.807, 2.05) is 0 Å². The lowest BCUT2D eigenvalue weighted by Gasteiger charge is -2.66. The number of carbonyl (C=O) groups is 1. The number of carbonyl (C=O) groups excluding carboxylic acids is 1. The maximum atomic E-state index is 12.7. The average molecular weight is 590 g/mol. The van der Waals surface area contributed by atoms with Gasteiger partial charge in [0.05, 0.1) is 5.60 Å². The Morgan fingerprint density at radius 3 is 2.40 bits per heavy atom. The van der Waals surface area contributed by atoms with Crippen LogP contribution >= 0.6 is 0 Å². The zero-order chi connectivity index (χ0) is 30.5. The molecule has 10 atom stereocenters. The minimum absolute atomic E-state index is 0.0529. The molecule has 4 saturated carbocycles. The van der Waals surface area contributed by atoms with Crippen LogP contribution in [-0.2, 0) is 9.53 Å². The number of ether oxygens (including phenoxy) is 1. The third kappa shape index (κ3) is 7.07. The van der Waals surface area contributed by atoms with Gasteiger partial charge in [-0.15, -0.1) is 0 Å². The number of aliphatic hydroxyl groups is 1. The van der Waals surface area contributed by atoms with Gasteiger partial charge in [-0.1, -0.05) is 53.9 Å². The standard InChI is InChI=1S/C36H67N3O3/c1-25(2)11-9-12-26(3)30-13-14-31-29-23-33(39-22-8-7-20-38-21-10-19-37)36(41)24-28(42-27(4)40)15-18-35(36,6)32(29)16-17-34(30,31)5/h25-26,28-33,38-39,41H,7-24,37H2,1-6H3/t26-,28+,29?,30-,31+,32+,33-,34-,35-,36+/m1/s1. The fourth-order valence-electron chi connectivity index (χ4n) is 10.9. The average Bonchev–Trinajstić information content (AvgIpc) is 3.28. The van der Waals surface area contributed by atoms with E-state index in [9.17, 15) is 9.90 Å². The second-order valence-electron chi connectivity index (χ2n) is 16.1. The summed E-state index contributed by atoms with van der Waals surface area (Å²) in [6, 6.07) is 0.0529. The van der Waals surface area contributed by atoms with Crippen LogP contribution < -0.4 is 16.4 Å². The summed E-state index contributed by atoms with van der Waals surface area (Å²) in [6.45, 7) is 17.5. The molecule has 0 aromatic rings. The van der Waals surface area contributed by atoms with E-state index in [2.05, 4.69) is 45.3 Å². The molecule has 4 aliphatic rings. The molecule has 1 unspecified atom stereocenters. The quantitative estimate of drug-likeness (QED) is 0.130. The Morgan fingerprint density at radius 2 is 1.69 bits per heavy atom. The van der Waals surface area contributed by atoms with Gasteiger partial charge in [0.1, 0.15) is 6.10 Å². The van der Waals surface area contributed by atoms with E-state index >= 15 is 0 Å². The van der Waals surface area contributed by atoms with Crippen LogP contribution in [0.2, 0.25) is 0 Å². The van der Waals surface area contributed by atoms with Crippen LogP contribution in [0, 0.1) is 46.3 Å². The zero-order valence-electron chi connectivity index (χ0n) is 28.2. The van der Waals surface area contributed by atoms with Gasteiger partial charge in [0.15, 0.2) is 0 Å². The van der Waals surface area contributed by atoms with Crippen molar-refractivity contribution in [2.45, 2.75) is 149 Å². The minimum atomic E-state index is -0.845. The van der Waals surface area contributed by atoms with Crippen LogP contribution in [0.15, 0.2) is 0 Å². The lowest BCUT2D eigenvalue weighted by molar-refractivity contribution is -0.237. The number of rotatable bonds is 15. The molecule has 0 saturated heterocycles. The molecule has 5 N–H and O–H groups in total.